The Hall–Kier alpha value is -0.0700. The van der Waals surface area contributed by atoms with Gasteiger partial charge in [0.15, 0.2) is 0 Å². The average Bonchev–Trinajstić information content (AvgIpc) is 2.48. The number of hydrogen-bond donors (Lipinski definition) is 2. The Labute approximate surface area is 140 Å². The molecule has 2 unspecified atom stereocenters. The smallest absolute Gasteiger partial charge is 0.237 e. The molecule has 0 aliphatic carbocycles. The van der Waals surface area contributed by atoms with Crippen molar-refractivity contribution in [2.75, 3.05) is 32.8 Å². The predicted octanol–water partition coefficient (Wildman–Crippen LogP) is 1.20. The van der Waals surface area contributed by atoms with Gasteiger partial charge in [-0.1, -0.05) is 6.42 Å². The first-order chi connectivity index (χ1) is 9.18. The van der Waals surface area contributed by atoms with Crippen molar-refractivity contribution in [1.29, 1.82) is 0 Å². The summed E-state index contributed by atoms with van der Waals surface area (Å²) in [5.74, 6) is 0.160. The lowest BCUT2D eigenvalue weighted by atomic mass is 10.0. The summed E-state index contributed by atoms with van der Waals surface area (Å²) in [5.41, 5.74) is 0. The normalized spacial score (nSPS) is 25.9. The lowest BCUT2D eigenvalue weighted by Gasteiger charge is -2.36. The minimum absolute atomic E-state index is 0. The van der Waals surface area contributed by atoms with Crippen molar-refractivity contribution in [3.05, 3.63) is 0 Å². The van der Waals surface area contributed by atoms with Crippen LogP contribution in [0.2, 0.25) is 0 Å². The third-order valence-corrected chi connectivity index (χ3v) is 4.34. The van der Waals surface area contributed by atoms with Crippen molar-refractivity contribution in [3.63, 3.8) is 0 Å². The third-order valence-electron chi connectivity index (χ3n) is 4.34. The van der Waals surface area contributed by atoms with Gasteiger partial charge in [0.05, 0.1) is 19.3 Å². The zero-order valence-electron chi connectivity index (χ0n) is 13.0. The van der Waals surface area contributed by atoms with Gasteiger partial charge in [0.1, 0.15) is 0 Å². The van der Waals surface area contributed by atoms with Gasteiger partial charge in [-0.2, -0.15) is 0 Å². The molecule has 2 N–H and O–H groups in total. The Morgan fingerprint density at radius 2 is 1.90 bits per heavy atom. The fraction of sp³-hybridized carbons (Fsp3) is 0.929. The summed E-state index contributed by atoms with van der Waals surface area (Å²) in [6.07, 6.45) is 3.30. The van der Waals surface area contributed by atoms with E-state index in [9.17, 15) is 4.79 Å². The molecular weight excluding hydrogens is 313 g/mol. The maximum atomic E-state index is 12.2. The monoisotopic (exact) mass is 341 g/mol. The van der Waals surface area contributed by atoms with E-state index in [1.165, 1.54) is 6.42 Å². The third kappa shape index (κ3) is 6.28. The molecule has 0 aromatic carbocycles. The second-order valence-corrected chi connectivity index (χ2v) is 5.69. The van der Waals surface area contributed by atoms with Crippen LogP contribution in [0.15, 0.2) is 0 Å². The van der Waals surface area contributed by atoms with Gasteiger partial charge < -0.3 is 15.4 Å². The summed E-state index contributed by atoms with van der Waals surface area (Å²) in [6, 6.07) is 0.541. The van der Waals surface area contributed by atoms with Crippen molar-refractivity contribution in [1.82, 2.24) is 15.5 Å². The van der Waals surface area contributed by atoms with Crippen LogP contribution < -0.4 is 10.6 Å². The van der Waals surface area contributed by atoms with E-state index in [0.717, 1.165) is 45.7 Å². The van der Waals surface area contributed by atoms with Crippen LogP contribution in [-0.2, 0) is 9.53 Å². The van der Waals surface area contributed by atoms with Gasteiger partial charge in [0, 0.05) is 25.2 Å². The van der Waals surface area contributed by atoms with Crippen LogP contribution in [0.5, 0.6) is 0 Å². The van der Waals surface area contributed by atoms with Gasteiger partial charge in [0.25, 0.3) is 0 Å². The topological polar surface area (TPSA) is 53.6 Å². The van der Waals surface area contributed by atoms with Gasteiger partial charge >= 0.3 is 0 Å². The first-order valence-electron chi connectivity index (χ1n) is 7.54. The standard InChI is InChI=1S/C14H27N3O2.2ClH/c1-11(12(2)17-7-9-19-10-8-17)16-14(18)13-5-3-4-6-15-13;;/h11-13,15H,3-10H2,1-2H3,(H,16,18);2*1H/t11?,12?,13-;;/m1../s1. The average molecular weight is 342 g/mol. The van der Waals surface area contributed by atoms with E-state index in [1.54, 1.807) is 0 Å². The maximum Gasteiger partial charge on any atom is 0.237 e. The first kappa shape index (κ1) is 20.9. The number of piperidine rings is 1. The second-order valence-electron chi connectivity index (χ2n) is 5.69. The van der Waals surface area contributed by atoms with E-state index in [2.05, 4.69) is 29.4 Å². The maximum absolute atomic E-state index is 12.2. The van der Waals surface area contributed by atoms with Crippen LogP contribution in [0.4, 0.5) is 0 Å². The Morgan fingerprint density at radius 1 is 1.24 bits per heavy atom. The molecule has 2 saturated heterocycles. The van der Waals surface area contributed by atoms with Crippen molar-refractivity contribution >= 4 is 30.7 Å². The lowest BCUT2D eigenvalue weighted by Crippen LogP contribution is -2.55. The minimum atomic E-state index is 0. The molecule has 0 spiro atoms. The summed E-state index contributed by atoms with van der Waals surface area (Å²) >= 11 is 0. The highest BCUT2D eigenvalue weighted by Gasteiger charge is 2.26. The summed E-state index contributed by atoms with van der Waals surface area (Å²) in [6.45, 7) is 8.77. The number of amides is 1. The van der Waals surface area contributed by atoms with Gasteiger partial charge in [-0.25, -0.2) is 0 Å². The molecule has 1 amide bonds. The predicted molar refractivity (Wildman–Crippen MR) is 89.6 cm³/mol. The highest BCUT2D eigenvalue weighted by molar-refractivity contribution is 5.85. The SMILES string of the molecule is CC(NC(=O)[C@H]1CCCCN1)C(C)N1CCOCC1.Cl.Cl. The number of nitrogens with one attached hydrogen (secondary N) is 2. The summed E-state index contributed by atoms with van der Waals surface area (Å²) in [7, 11) is 0. The Morgan fingerprint density at radius 3 is 2.48 bits per heavy atom. The number of rotatable bonds is 4. The number of morpholine rings is 1. The number of nitrogens with zero attached hydrogens (tertiary/aromatic N) is 1. The molecule has 2 rings (SSSR count). The molecule has 126 valence electrons. The van der Waals surface area contributed by atoms with Crippen LogP contribution in [0.3, 0.4) is 0 Å². The van der Waals surface area contributed by atoms with Gasteiger partial charge in [-0.15, -0.1) is 24.8 Å². The number of carbonyl (C=O) groups excluding carboxylic acids is 1. The number of halogens is 2. The van der Waals surface area contributed by atoms with Crippen LogP contribution in [0.1, 0.15) is 33.1 Å². The van der Waals surface area contributed by atoms with Crippen molar-refractivity contribution in [3.8, 4) is 0 Å². The largest absolute Gasteiger partial charge is 0.379 e. The molecule has 2 aliphatic rings. The summed E-state index contributed by atoms with van der Waals surface area (Å²) in [5, 5.41) is 6.46. The van der Waals surface area contributed by atoms with E-state index < -0.39 is 0 Å². The van der Waals surface area contributed by atoms with Crippen LogP contribution in [0.25, 0.3) is 0 Å². The Kier molecular flexibility index (Phi) is 10.6. The molecule has 0 aromatic heterocycles. The molecule has 0 radical (unpaired) electrons. The van der Waals surface area contributed by atoms with E-state index in [-0.39, 0.29) is 42.8 Å². The lowest BCUT2D eigenvalue weighted by molar-refractivity contribution is -0.124. The fourth-order valence-corrected chi connectivity index (χ4v) is 2.82. The van der Waals surface area contributed by atoms with Crippen LogP contribution in [0, 0.1) is 0 Å². The van der Waals surface area contributed by atoms with E-state index >= 15 is 0 Å². The number of carbonyl (C=O) groups is 1. The molecule has 21 heavy (non-hydrogen) atoms. The molecule has 0 saturated carbocycles. The fourth-order valence-electron chi connectivity index (χ4n) is 2.82. The Balaban J connectivity index is 0.00000200. The van der Waals surface area contributed by atoms with E-state index in [4.69, 9.17) is 4.74 Å². The minimum Gasteiger partial charge on any atom is -0.379 e. The van der Waals surface area contributed by atoms with Crippen LogP contribution >= 0.6 is 24.8 Å². The zero-order valence-corrected chi connectivity index (χ0v) is 14.6. The zero-order chi connectivity index (χ0) is 13.7. The molecule has 5 nitrogen and oxygen atoms in total. The van der Waals surface area contributed by atoms with Gasteiger partial charge in [-0.05, 0) is 33.2 Å². The van der Waals surface area contributed by atoms with E-state index in [1.807, 2.05) is 0 Å². The highest BCUT2D eigenvalue weighted by Crippen LogP contribution is 2.10. The first-order valence-corrected chi connectivity index (χ1v) is 7.54. The van der Waals surface area contributed by atoms with E-state index in [0.29, 0.717) is 6.04 Å². The molecule has 0 bridgehead atoms. The van der Waals surface area contributed by atoms with Crippen LogP contribution in [-0.4, -0.2) is 61.8 Å². The van der Waals surface area contributed by atoms with Crippen molar-refractivity contribution in [2.45, 2.75) is 51.2 Å². The highest BCUT2D eigenvalue weighted by atomic mass is 35.5. The second kappa shape index (κ2) is 10.6. The quantitative estimate of drug-likeness (QED) is 0.806. The summed E-state index contributed by atoms with van der Waals surface area (Å²) < 4.78 is 5.37. The van der Waals surface area contributed by atoms with Crippen molar-refractivity contribution in [2.24, 2.45) is 0 Å². The molecule has 2 heterocycles. The molecule has 3 atom stereocenters. The molecule has 2 aliphatic heterocycles. The van der Waals surface area contributed by atoms with Gasteiger partial charge in [-0.3, -0.25) is 9.69 Å². The summed E-state index contributed by atoms with van der Waals surface area (Å²) in [4.78, 5) is 14.6. The van der Waals surface area contributed by atoms with Gasteiger partial charge in [0.2, 0.25) is 5.91 Å². The number of hydrogen-bond acceptors (Lipinski definition) is 4. The molecule has 7 heteroatoms. The molecular formula is C14H29Cl2N3O2. The molecule has 2 fully saturated rings. The number of ether oxygens (including phenoxy) is 1. The van der Waals surface area contributed by atoms with Crippen molar-refractivity contribution < 1.29 is 9.53 Å². The Bertz CT molecular complexity index is 296. The molecule has 0 aromatic rings.